The second-order valence-corrected chi connectivity index (χ2v) is 3.96. The van der Waals surface area contributed by atoms with Crippen molar-refractivity contribution >= 4 is 0 Å². The third-order valence-corrected chi connectivity index (χ3v) is 2.36. The van der Waals surface area contributed by atoms with E-state index in [1.54, 1.807) is 12.5 Å². The third kappa shape index (κ3) is 9.50. The summed E-state index contributed by atoms with van der Waals surface area (Å²) in [6, 6.07) is 0. The van der Waals surface area contributed by atoms with Crippen molar-refractivity contribution in [1.29, 1.82) is 0 Å². The Bertz CT molecular complexity index is 221. The second kappa shape index (κ2) is 12.0. The molecular formula is C14H26N2. The molecule has 0 aromatic carbocycles. The molecule has 0 bridgehead atoms. The number of imidazole rings is 1. The lowest BCUT2D eigenvalue weighted by molar-refractivity contribution is 0.624. The number of nitrogens with zero attached hydrogens (tertiary/aromatic N) is 2. The first-order chi connectivity index (χ1) is 7.85. The van der Waals surface area contributed by atoms with Gasteiger partial charge in [0, 0.05) is 18.9 Å². The summed E-state index contributed by atoms with van der Waals surface area (Å²) in [5.74, 6) is 0. The summed E-state index contributed by atoms with van der Waals surface area (Å²) in [4.78, 5) is 3.86. The lowest BCUT2D eigenvalue weighted by Crippen LogP contribution is -1.87. The number of hydrogen-bond donors (Lipinski definition) is 0. The van der Waals surface area contributed by atoms with E-state index in [2.05, 4.69) is 25.4 Å². The van der Waals surface area contributed by atoms with Gasteiger partial charge >= 0.3 is 0 Å². The molecule has 0 aliphatic heterocycles. The van der Waals surface area contributed by atoms with Crippen molar-refractivity contribution in [2.45, 2.75) is 58.9 Å². The van der Waals surface area contributed by atoms with Gasteiger partial charge in [0.1, 0.15) is 0 Å². The van der Waals surface area contributed by atoms with Crippen LogP contribution in [0.4, 0.5) is 0 Å². The molecule has 1 rings (SSSR count). The lowest BCUT2D eigenvalue weighted by Gasteiger charge is -1.93. The van der Waals surface area contributed by atoms with Gasteiger partial charge in [-0.05, 0) is 0 Å². The van der Waals surface area contributed by atoms with Crippen molar-refractivity contribution in [3.63, 3.8) is 0 Å². The minimum atomic E-state index is 0.847. The molecule has 0 radical (unpaired) electrons. The van der Waals surface area contributed by atoms with Gasteiger partial charge in [0.2, 0.25) is 0 Å². The normalized spacial score (nSPS) is 9.38. The zero-order chi connectivity index (χ0) is 12.1. The number of aromatic nitrogens is 2. The molecule has 2 heteroatoms. The largest absolute Gasteiger partial charge is 0.334 e. The molecule has 0 aliphatic rings. The average molecular weight is 222 g/mol. The number of hydrogen-bond acceptors (Lipinski definition) is 1. The van der Waals surface area contributed by atoms with Gasteiger partial charge in [-0.2, -0.15) is 0 Å². The molecule has 0 unspecified atom stereocenters. The molecule has 0 saturated heterocycles. The maximum absolute atomic E-state index is 3.86. The summed E-state index contributed by atoms with van der Waals surface area (Å²) >= 11 is 0. The van der Waals surface area contributed by atoms with Crippen molar-refractivity contribution in [3.8, 4) is 0 Å². The molecule has 1 aromatic heterocycles. The van der Waals surface area contributed by atoms with Crippen LogP contribution in [0.5, 0.6) is 0 Å². The van der Waals surface area contributed by atoms with E-state index in [1.807, 2.05) is 16.8 Å². The van der Waals surface area contributed by atoms with Crippen LogP contribution in [0.1, 0.15) is 52.4 Å². The van der Waals surface area contributed by atoms with Gasteiger partial charge in [0.15, 0.2) is 0 Å². The first kappa shape index (κ1) is 14.9. The Morgan fingerprint density at radius 1 is 1.12 bits per heavy atom. The Labute approximate surface area is 100 Å². The van der Waals surface area contributed by atoms with Crippen LogP contribution in [0.15, 0.2) is 31.4 Å². The quantitative estimate of drug-likeness (QED) is 0.493. The summed E-state index contributed by atoms with van der Waals surface area (Å²) < 4.78 is 1.95. The summed E-state index contributed by atoms with van der Waals surface area (Å²) in [7, 11) is 0. The van der Waals surface area contributed by atoms with Crippen LogP contribution in [-0.2, 0) is 6.54 Å². The molecule has 0 aliphatic carbocycles. The minimum Gasteiger partial charge on any atom is -0.334 e. The zero-order valence-corrected chi connectivity index (χ0v) is 10.9. The van der Waals surface area contributed by atoms with Crippen LogP contribution >= 0.6 is 0 Å². The van der Waals surface area contributed by atoms with Crippen molar-refractivity contribution in [2.24, 2.45) is 0 Å². The monoisotopic (exact) mass is 222 g/mol. The fourth-order valence-electron chi connectivity index (χ4n) is 1.40. The molecule has 2 nitrogen and oxygen atoms in total. The Morgan fingerprint density at radius 3 is 2.12 bits per heavy atom. The van der Waals surface area contributed by atoms with Crippen molar-refractivity contribution in [1.82, 2.24) is 9.55 Å². The standard InChI is InChI=1S/C8H18.C6H8N2/c1-3-5-7-8-6-4-2;1-2-4-8-5-3-7-6-8/h3-8H2,1-2H3;2-3,5-6H,1,4H2. The van der Waals surface area contributed by atoms with Crippen molar-refractivity contribution in [2.75, 3.05) is 0 Å². The average Bonchev–Trinajstić information content (AvgIpc) is 2.79. The van der Waals surface area contributed by atoms with E-state index in [4.69, 9.17) is 0 Å². The van der Waals surface area contributed by atoms with Crippen LogP contribution in [0.2, 0.25) is 0 Å². The fourth-order valence-corrected chi connectivity index (χ4v) is 1.40. The molecule has 0 atom stereocenters. The van der Waals surface area contributed by atoms with E-state index < -0.39 is 0 Å². The van der Waals surface area contributed by atoms with Gasteiger partial charge in [-0.25, -0.2) is 4.98 Å². The molecule has 16 heavy (non-hydrogen) atoms. The Kier molecular flexibility index (Phi) is 11.2. The van der Waals surface area contributed by atoms with Crippen molar-refractivity contribution < 1.29 is 0 Å². The predicted molar refractivity (Wildman–Crippen MR) is 71.5 cm³/mol. The van der Waals surface area contributed by atoms with Gasteiger partial charge in [-0.1, -0.05) is 58.4 Å². The lowest BCUT2D eigenvalue weighted by atomic mass is 10.1. The predicted octanol–water partition coefficient (Wildman–Crippen LogP) is 4.44. The molecular weight excluding hydrogens is 196 g/mol. The van der Waals surface area contributed by atoms with Crippen LogP contribution in [-0.4, -0.2) is 9.55 Å². The highest BCUT2D eigenvalue weighted by atomic mass is 15.0. The fraction of sp³-hybridized carbons (Fsp3) is 0.643. The maximum atomic E-state index is 3.86. The first-order valence-corrected chi connectivity index (χ1v) is 6.41. The highest BCUT2D eigenvalue weighted by Gasteiger charge is 1.83. The number of rotatable bonds is 7. The van der Waals surface area contributed by atoms with Gasteiger partial charge in [0.25, 0.3) is 0 Å². The molecule has 0 amide bonds. The first-order valence-electron chi connectivity index (χ1n) is 6.41. The molecule has 0 N–H and O–H groups in total. The molecule has 92 valence electrons. The second-order valence-electron chi connectivity index (χ2n) is 3.96. The van der Waals surface area contributed by atoms with Crippen molar-refractivity contribution in [3.05, 3.63) is 31.4 Å². The molecule has 1 heterocycles. The van der Waals surface area contributed by atoms with E-state index in [0.29, 0.717) is 0 Å². The summed E-state index contributed by atoms with van der Waals surface area (Å²) in [5, 5.41) is 0. The van der Waals surface area contributed by atoms with Crippen LogP contribution in [0, 0.1) is 0 Å². The highest BCUT2D eigenvalue weighted by molar-refractivity contribution is 4.78. The summed E-state index contributed by atoms with van der Waals surface area (Å²) in [6.45, 7) is 8.95. The van der Waals surface area contributed by atoms with Gasteiger partial charge in [0.05, 0.1) is 6.33 Å². The smallest absolute Gasteiger partial charge is 0.0948 e. The maximum Gasteiger partial charge on any atom is 0.0948 e. The van der Waals surface area contributed by atoms with Gasteiger partial charge in [-0.15, -0.1) is 6.58 Å². The topological polar surface area (TPSA) is 17.8 Å². The Morgan fingerprint density at radius 2 is 1.75 bits per heavy atom. The molecule has 0 spiro atoms. The van der Waals surface area contributed by atoms with E-state index in [9.17, 15) is 0 Å². The Hall–Kier alpha value is -1.05. The van der Waals surface area contributed by atoms with E-state index >= 15 is 0 Å². The number of unbranched alkanes of at least 4 members (excludes halogenated alkanes) is 5. The molecule has 1 aromatic rings. The Balaban J connectivity index is 0.000000281. The van der Waals surface area contributed by atoms with E-state index in [-0.39, 0.29) is 0 Å². The molecule has 0 fully saturated rings. The van der Waals surface area contributed by atoms with Crippen LogP contribution in [0.3, 0.4) is 0 Å². The minimum absolute atomic E-state index is 0.847. The number of allylic oxidation sites excluding steroid dienone is 1. The highest BCUT2D eigenvalue weighted by Crippen LogP contribution is 2.03. The third-order valence-electron chi connectivity index (χ3n) is 2.36. The summed E-state index contributed by atoms with van der Waals surface area (Å²) in [5.41, 5.74) is 0. The SMILES string of the molecule is C=CCn1ccnc1.CCCCCCCC. The van der Waals surface area contributed by atoms with E-state index in [0.717, 1.165) is 6.54 Å². The molecule has 0 saturated carbocycles. The van der Waals surface area contributed by atoms with Gasteiger partial charge in [-0.3, -0.25) is 0 Å². The van der Waals surface area contributed by atoms with Crippen LogP contribution < -0.4 is 0 Å². The van der Waals surface area contributed by atoms with E-state index in [1.165, 1.54) is 38.5 Å². The summed E-state index contributed by atoms with van der Waals surface area (Å²) in [6.07, 6.45) is 15.7. The zero-order valence-electron chi connectivity index (χ0n) is 10.9. The van der Waals surface area contributed by atoms with Gasteiger partial charge < -0.3 is 4.57 Å². The van der Waals surface area contributed by atoms with Crippen LogP contribution in [0.25, 0.3) is 0 Å².